The van der Waals surface area contributed by atoms with Crippen LogP contribution in [0.25, 0.3) is 10.9 Å². The van der Waals surface area contributed by atoms with Gasteiger partial charge in [-0.1, -0.05) is 0 Å². The molecule has 3 N–H and O–H groups in total. The van der Waals surface area contributed by atoms with E-state index in [0.717, 1.165) is 22.3 Å². The predicted molar refractivity (Wildman–Crippen MR) is 122 cm³/mol. The van der Waals surface area contributed by atoms with Crippen LogP contribution in [0.3, 0.4) is 0 Å². The number of hydrogen-bond donors (Lipinski definition) is 3. The van der Waals surface area contributed by atoms with Crippen LogP contribution in [0.2, 0.25) is 0 Å². The molecule has 0 unspecified atom stereocenters. The molecule has 9 heteroatoms. The van der Waals surface area contributed by atoms with E-state index in [-0.39, 0.29) is 19.1 Å². The van der Waals surface area contributed by atoms with Crippen molar-refractivity contribution in [1.29, 1.82) is 0 Å². The zero-order valence-corrected chi connectivity index (χ0v) is 17.8. The number of rotatable bonds is 8. The van der Waals surface area contributed by atoms with E-state index in [1.807, 2.05) is 35.2 Å². The molecule has 1 aliphatic heterocycles. The molecule has 0 aliphatic carbocycles. The standard InChI is InChI=1S/C23H27N5O4/c29-11-7-27(8-12-30)20-6-3-18-16-24-23(26-21(18)15-20)25-19-4-1-17(2-5-19)22(31)28-9-13-32-14-10-28/h1-6,15-16,29-30H,7-14H2,(H,24,25,26). The maximum atomic E-state index is 12.6. The molecule has 2 aromatic carbocycles. The van der Waals surface area contributed by atoms with Gasteiger partial charge in [-0.05, 0) is 42.5 Å². The first kappa shape index (κ1) is 21.9. The number of fused-ring (bicyclic) bond motifs is 1. The van der Waals surface area contributed by atoms with E-state index in [2.05, 4.69) is 15.3 Å². The van der Waals surface area contributed by atoms with Crippen molar-refractivity contribution in [2.24, 2.45) is 0 Å². The van der Waals surface area contributed by atoms with Crippen molar-refractivity contribution < 1.29 is 19.7 Å². The van der Waals surface area contributed by atoms with Crippen LogP contribution in [-0.2, 0) is 4.74 Å². The Morgan fingerprint density at radius 1 is 1.06 bits per heavy atom. The molecule has 1 amide bonds. The number of nitrogens with zero attached hydrogens (tertiary/aromatic N) is 4. The fraction of sp³-hybridized carbons (Fsp3) is 0.348. The molecule has 2 heterocycles. The number of nitrogens with one attached hydrogen (secondary N) is 1. The van der Waals surface area contributed by atoms with Gasteiger partial charge < -0.3 is 30.1 Å². The number of carbonyl (C=O) groups excluding carboxylic acids is 1. The molecule has 0 bridgehead atoms. The second-order valence-corrected chi connectivity index (χ2v) is 7.48. The molecule has 3 aromatic rings. The number of benzene rings is 2. The zero-order valence-electron chi connectivity index (χ0n) is 17.8. The number of carbonyl (C=O) groups is 1. The summed E-state index contributed by atoms with van der Waals surface area (Å²) in [6.07, 6.45) is 1.74. The van der Waals surface area contributed by atoms with Gasteiger partial charge in [0.25, 0.3) is 5.91 Å². The van der Waals surface area contributed by atoms with Crippen LogP contribution in [0.5, 0.6) is 0 Å². The van der Waals surface area contributed by atoms with Crippen molar-refractivity contribution in [3.8, 4) is 0 Å². The third kappa shape index (κ3) is 5.13. The van der Waals surface area contributed by atoms with Crippen molar-refractivity contribution in [1.82, 2.24) is 14.9 Å². The predicted octanol–water partition coefficient (Wildman–Crippen LogP) is 1.64. The number of anilines is 3. The summed E-state index contributed by atoms with van der Waals surface area (Å²) < 4.78 is 5.30. The highest BCUT2D eigenvalue weighted by Crippen LogP contribution is 2.23. The first-order valence-electron chi connectivity index (χ1n) is 10.7. The van der Waals surface area contributed by atoms with Crippen molar-refractivity contribution in [2.75, 3.05) is 62.8 Å². The lowest BCUT2D eigenvalue weighted by atomic mass is 10.1. The number of aromatic nitrogens is 2. The minimum Gasteiger partial charge on any atom is -0.395 e. The van der Waals surface area contributed by atoms with Gasteiger partial charge in [0.05, 0.1) is 31.9 Å². The van der Waals surface area contributed by atoms with Gasteiger partial charge in [-0.2, -0.15) is 0 Å². The zero-order chi connectivity index (χ0) is 22.3. The number of aliphatic hydroxyl groups excluding tert-OH is 2. The Kier molecular flexibility index (Phi) is 7.10. The van der Waals surface area contributed by atoms with E-state index in [1.165, 1.54) is 0 Å². The van der Waals surface area contributed by atoms with Crippen LogP contribution in [0.4, 0.5) is 17.3 Å². The normalized spacial score (nSPS) is 13.9. The summed E-state index contributed by atoms with van der Waals surface area (Å²) in [6, 6.07) is 13.0. The van der Waals surface area contributed by atoms with Crippen molar-refractivity contribution in [3.05, 3.63) is 54.2 Å². The number of ether oxygens (including phenoxy) is 1. The minimum absolute atomic E-state index is 0.00134. The van der Waals surface area contributed by atoms with Gasteiger partial charge in [-0.15, -0.1) is 0 Å². The first-order chi connectivity index (χ1) is 15.7. The van der Waals surface area contributed by atoms with E-state index >= 15 is 0 Å². The molecule has 1 aliphatic rings. The Balaban J connectivity index is 1.49. The monoisotopic (exact) mass is 437 g/mol. The first-order valence-corrected chi connectivity index (χ1v) is 10.7. The van der Waals surface area contributed by atoms with Crippen LogP contribution >= 0.6 is 0 Å². The number of aliphatic hydroxyl groups is 2. The topological polar surface area (TPSA) is 111 Å². The van der Waals surface area contributed by atoms with Crippen LogP contribution in [-0.4, -0.2) is 83.6 Å². The van der Waals surface area contributed by atoms with E-state index < -0.39 is 0 Å². The van der Waals surface area contributed by atoms with Crippen LogP contribution in [0, 0.1) is 0 Å². The summed E-state index contributed by atoms with van der Waals surface area (Å²) in [7, 11) is 0. The van der Waals surface area contributed by atoms with Gasteiger partial charge in [-0.3, -0.25) is 4.79 Å². The number of amides is 1. The highest BCUT2D eigenvalue weighted by Gasteiger charge is 2.18. The molecule has 32 heavy (non-hydrogen) atoms. The molecular weight excluding hydrogens is 410 g/mol. The van der Waals surface area contributed by atoms with Crippen molar-refractivity contribution in [3.63, 3.8) is 0 Å². The SMILES string of the molecule is O=C(c1ccc(Nc2ncc3ccc(N(CCO)CCO)cc3n2)cc1)N1CCOCC1. The van der Waals surface area contributed by atoms with Crippen molar-refractivity contribution in [2.45, 2.75) is 0 Å². The van der Waals surface area contributed by atoms with Crippen LogP contribution in [0.15, 0.2) is 48.7 Å². The van der Waals surface area contributed by atoms with Crippen LogP contribution in [0.1, 0.15) is 10.4 Å². The lowest BCUT2D eigenvalue weighted by Crippen LogP contribution is -2.40. The second kappa shape index (κ2) is 10.4. The smallest absolute Gasteiger partial charge is 0.254 e. The maximum absolute atomic E-state index is 12.6. The summed E-state index contributed by atoms with van der Waals surface area (Å²) >= 11 is 0. The van der Waals surface area contributed by atoms with Gasteiger partial charge in [0.1, 0.15) is 0 Å². The van der Waals surface area contributed by atoms with E-state index in [1.54, 1.807) is 23.2 Å². The Labute approximate surface area is 186 Å². The molecule has 1 fully saturated rings. The van der Waals surface area contributed by atoms with Crippen LogP contribution < -0.4 is 10.2 Å². The maximum Gasteiger partial charge on any atom is 0.254 e. The lowest BCUT2D eigenvalue weighted by Gasteiger charge is -2.26. The molecule has 0 spiro atoms. The van der Waals surface area contributed by atoms with Gasteiger partial charge >= 0.3 is 0 Å². The Morgan fingerprint density at radius 3 is 2.47 bits per heavy atom. The average molecular weight is 438 g/mol. The highest BCUT2D eigenvalue weighted by atomic mass is 16.5. The lowest BCUT2D eigenvalue weighted by molar-refractivity contribution is 0.0303. The fourth-order valence-corrected chi connectivity index (χ4v) is 3.65. The van der Waals surface area contributed by atoms with E-state index in [0.29, 0.717) is 50.9 Å². The molecule has 0 radical (unpaired) electrons. The fourth-order valence-electron chi connectivity index (χ4n) is 3.65. The molecule has 1 saturated heterocycles. The molecule has 0 atom stereocenters. The van der Waals surface area contributed by atoms with Gasteiger partial charge in [0.15, 0.2) is 0 Å². The Morgan fingerprint density at radius 2 is 1.78 bits per heavy atom. The Bertz CT molecular complexity index is 1050. The summed E-state index contributed by atoms with van der Waals surface area (Å²) in [5, 5.41) is 22.6. The largest absolute Gasteiger partial charge is 0.395 e. The molecule has 4 rings (SSSR count). The molecular formula is C23H27N5O4. The second-order valence-electron chi connectivity index (χ2n) is 7.48. The highest BCUT2D eigenvalue weighted by molar-refractivity contribution is 5.94. The molecule has 168 valence electrons. The molecule has 1 aromatic heterocycles. The van der Waals surface area contributed by atoms with E-state index in [4.69, 9.17) is 4.74 Å². The summed E-state index contributed by atoms with van der Waals surface area (Å²) in [5.41, 5.74) is 3.03. The third-order valence-electron chi connectivity index (χ3n) is 5.36. The Hall–Kier alpha value is -3.27. The number of hydrogen-bond acceptors (Lipinski definition) is 8. The summed E-state index contributed by atoms with van der Waals surface area (Å²) in [4.78, 5) is 25.3. The molecule has 0 saturated carbocycles. The number of morpholine rings is 1. The van der Waals surface area contributed by atoms with E-state index in [9.17, 15) is 15.0 Å². The molecule has 9 nitrogen and oxygen atoms in total. The van der Waals surface area contributed by atoms with Gasteiger partial charge in [-0.25, -0.2) is 9.97 Å². The van der Waals surface area contributed by atoms with Gasteiger partial charge in [0, 0.05) is 54.7 Å². The van der Waals surface area contributed by atoms with Gasteiger partial charge in [0.2, 0.25) is 5.95 Å². The summed E-state index contributed by atoms with van der Waals surface area (Å²) in [6.45, 7) is 3.22. The summed E-state index contributed by atoms with van der Waals surface area (Å²) in [5.74, 6) is 0.447. The third-order valence-corrected chi connectivity index (χ3v) is 5.36. The quantitative estimate of drug-likeness (QED) is 0.488. The minimum atomic E-state index is -0.00134. The average Bonchev–Trinajstić information content (AvgIpc) is 2.84. The van der Waals surface area contributed by atoms with Crippen molar-refractivity contribution >= 4 is 34.1 Å².